The van der Waals surface area contributed by atoms with Gasteiger partial charge in [-0.25, -0.2) is 0 Å². The third kappa shape index (κ3) is 2.55. The Bertz CT molecular complexity index is 253. The van der Waals surface area contributed by atoms with Crippen molar-refractivity contribution in [2.75, 3.05) is 13.2 Å². The number of carboxylic acids is 1. The molecule has 3 unspecified atom stereocenters. The van der Waals surface area contributed by atoms with Crippen molar-refractivity contribution < 1.29 is 15.0 Å². The van der Waals surface area contributed by atoms with Crippen molar-refractivity contribution in [2.45, 2.75) is 39.7 Å². The lowest BCUT2D eigenvalue weighted by molar-refractivity contribution is -0.150. The molecule has 4 nitrogen and oxygen atoms in total. The fourth-order valence-corrected chi connectivity index (χ4v) is 2.77. The molecule has 0 saturated heterocycles. The van der Waals surface area contributed by atoms with Gasteiger partial charge in [0, 0.05) is 12.6 Å². The predicted molar refractivity (Wildman–Crippen MR) is 62.2 cm³/mol. The number of hydrogen-bond donors (Lipinski definition) is 3. The van der Waals surface area contributed by atoms with Crippen molar-refractivity contribution in [3.05, 3.63) is 0 Å². The van der Waals surface area contributed by atoms with Crippen LogP contribution in [-0.4, -0.2) is 35.4 Å². The molecule has 0 amide bonds. The van der Waals surface area contributed by atoms with Crippen LogP contribution in [0.5, 0.6) is 0 Å². The summed E-state index contributed by atoms with van der Waals surface area (Å²) >= 11 is 0. The minimum atomic E-state index is -0.683. The molecule has 0 spiro atoms. The van der Waals surface area contributed by atoms with Gasteiger partial charge in [0.15, 0.2) is 0 Å². The Labute approximate surface area is 97.0 Å². The molecule has 1 aliphatic rings. The van der Waals surface area contributed by atoms with Crippen molar-refractivity contribution in [3.8, 4) is 0 Å². The van der Waals surface area contributed by atoms with Crippen LogP contribution in [0.25, 0.3) is 0 Å². The van der Waals surface area contributed by atoms with E-state index in [-0.39, 0.29) is 17.9 Å². The maximum Gasteiger partial charge on any atom is 0.307 e. The van der Waals surface area contributed by atoms with E-state index >= 15 is 0 Å². The summed E-state index contributed by atoms with van der Waals surface area (Å²) < 4.78 is 0. The highest BCUT2D eigenvalue weighted by Crippen LogP contribution is 2.44. The lowest BCUT2D eigenvalue weighted by atomic mass is 9.61. The van der Waals surface area contributed by atoms with Gasteiger partial charge in [-0.15, -0.1) is 0 Å². The molecular weight excluding hydrogens is 206 g/mol. The molecule has 0 aromatic rings. The molecule has 94 valence electrons. The highest BCUT2D eigenvalue weighted by atomic mass is 16.4. The maximum absolute atomic E-state index is 11.2. The smallest absolute Gasteiger partial charge is 0.307 e. The van der Waals surface area contributed by atoms with Gasteiger partial charge < -0.3 is 15.5 Å². The maximum atomic E-state index is 11.2. The number of rotatable bonds is 4. The third-order valence-corrected chi connectivity index (χ3v) is 4.26. The van der Waals surface area contributed by atoms with Crippen LogP contribution in [0.3, 0.4) is 0 Å². The summed E-state index contributed by atoms with van der Waals surface area (Å²) in [5.74, 6) is -0.638. The van der Waals surface area contributed by atoms with Crippen molar-refractivity contribution in [1.82, 2.24) is 5.32 Å². The van der Waals surface area contributed by atoms with Crippen LogP contribution in [0.4, 0.5) is 0 Å². The Morgan fingerprint density at radius 2 is 2.06 bits per heavy atom. The number of aliphatic carboxylic acids is 1. The summed E-state index contributed by atoms with van der Waals surface area (Å²) in [6, 6.07) is 0.317. The number of carboxylic acid groups (broad SMARTS) is 1. The number of hydrogen-bond acceptors (Lipinski definition) is 3. The highest BCUT2D eigenvalue weighted by molar-refractivity contribution is 5.71. The quantitative estimate of drug-likeness (QED) is 0.675. The second-order valence-corrected chi connectivity index (χ2v) is 5.36. The lowest BCUT2D eigenvalue weighted by Gasteiger charge is -2.46. The van der Waals surface area contributed by atoms with Gasteiger partial charge in [0.25, 0.3) is 0 Å². The molecule has 3 N–H and O–H groups in total. The molecule has 1 aliphatic carbocycles. The molecule has 0 aromatic heterocycles. The molecule has 1 rings (SSSR count). The SMILES string of the molecule is CC1C(NCCO)CCC(C(=O)O)C1(C)C. The van der Waals surface area contributed by atoms with Crippen LogP contribution in [0.15, 0.2) is 0 Å². The molecule has 4 heteroatoms. The molecule has 0 bridgehead atoms. The topological polar surface area (TPSA) is 69.6 Å². The van der Waals surface area contributed by atoms with Crippen LogP contribution in [0, 0.1) is 17.3 Å². The first-order valence-corrected chi connectivity index (χ1v) is 5.98. The molecular formula is C12H23NO3. The van der Waals surface area contributed by atoms with Crippen molar-refractivity contribution in [1.29, 1.82) is 0 Å². The zero-order chi connectivity index (χ0) is 12.3. The number of aliphatic hydroxyl groups is 1. The van der Waals surface area contributed by atoms with Crippen LogP contribution >= 0.6 is 0 Å². The fraction of sp³-hybridized carbons (Fsp3) is 0.917. The Morgan fingerprint density at radius 3 is 2.56 bits per heavy atom. The Balaban J connectivity index is 2.70. The third-order valence-electron chi connectivity index (χ3n) is 4.26. The molecule has 3 atom stereocenters. The molecule has 0 radical (unpaired) electrons. The van der Waals surface area contributed by atoms with Gasteiger partial charge in [-0.1, -0.05) is 20.8 Å². The van der Waals surface area contributed by atoms with E-state index in [1.807, 2.05) is 13.8 Å². The van der Waals surface area contributed by atoms with Gasteiger partial charge >= 0.3 is 5.97 Å². The summed E-state index contributed by atoms with van der Waals surface area (Å²) in [5, 5.41) is 21.3. The van der Waals surface area contributed by atoms with E-state index in [0.29, 0.717) is 18.5 Å². The highest BCUT2D eigenvalue weighted by Gasteiger charge is 2.45. The molecule has 1 saturated carbocycles. The van der Waals surface area contributed by atoms with Crippen molar-refractivity contribution >= 4 is 5.97 Å². The molecule has 1 fully saturated rings. The van der Waals surface area contributed by atoms with E-state index in [2.05, 4.69) is 12.2 Å². The minimum Gasteiger partial charge on any atom is -0.481 e. The summed E-state index contributed by atoms with van der Waals surface area (Å²) in [5.41, 5.74) is -0.197. The first-order chi connectivity index (χ1) is 7.41. The average Bonchev–Trinajstić information content (AvgIpc) is 2.19. The zero-order valence-corrected chi connectivity index (χ0v) is 10.4. The van der Waals surface area contributed by atoms with Crippen LogP contribution < -0.4 is 5.32 Å². The molecule has 0 aromatic carbocycles. The summed E-state index contributed by atoms with van der Waals surface area (Å²) in [7, 11) is 0. The van der Waals surface area contributed by atoms with Gasteiger partial charge in [-0.2, -0.15) is 0 Å². The molecule has 0 heterocycles. The predicted octanol–water partition coefficient (Wildman–Crippen LogP) is 1.09. The Hall–Kier alpha value is -0.610. The first-order valence-electron chi connectivity index (χ1n) is 5.98. The monoisotopic (exact) mass is 229 g/mol. The number of carbonyl (C=O) groups is 1. The van der Waals surface area contributed by atoms with Gasteiger partial charge in [-0.05, 0) is 24.2 Å². The largest absolute Gasteiger partial charge is 0.481 e. The van der Waals surface area contributed by atoms with Gasteiger partial charge in [0.05, 0.1) is 12.5 Å². The number of nitrogens with one attached hydrogen (secondary N) is 1. The van der Waals surface area contributed by atoms with Gasteiger partial charge in [0.1, 0.15) is 0 Å². The Kier molecular flexibility index (Phi) is 4.33. The Morgan fingerprint density at radius 1 is 1.44 bits per heavy atom. The van der Waals surface area contributed by atoms with Crippen molar-refractivity contribution in [3.63, 3.8) is 0 Å². The molecule has 0 aliphatic heterocycles. The fourth-order valence-electron chi connectivity index (χ4n) is 2.77. The second kappa shape index (κ2) is 5.15. The second-order valence-electron chi connectivity index (χ2n) is 5.36. The van der Waals surface area contributed by atoms with Crippen LogP contribution in [-0.2, 0) is 4.79 Å². The summed E-state index contributed by atoms with van der Waals surface area (Å²) in [6.45, 7) is 6.88. The van der Waals surface area contributed by atoms with Gasteiger partial charge in [0.2, 0.25) is 0 Å². The average molecular weight is 229 g/mol. The molecule has 16 heavy (non-hydrogen) atoms. The van der Waals surface area contributed by atoms with Crippen molar-refractivity contribution in [2.24, 2.45) is 17.3 Å². The minimum absolute atomic E-state index is 0.131. The van der Waals surface area contributed by atoms with E-state index in [9.17, 15) is 9.90 Å². The van der Waals surface area contributed by atoms with Crippen LogP contribution in [0.2, 0.25) is 0 Å². The van der Waals surface area contributed by atoms with E-state index in [1.165, 1.54) is 0 Å². The van der Waals surface area contributed by atoms with E-state index in [4.69, 9.17) is 5.11 Å². The summed E-state index contributed by atoms with van der Waals surface area (Å²) in [4.78, 5) is 11.2. The lowest BCUT2D eigenvalue weighted by Crippen LogP contribution is -2.51. The van der Waals surface area contributed by atoms with E-state index < -0.39 is 5.97 Å². The first kappa shape index (κ1) is 13.5. The summed E-state index contributed by atoms with van der Waals surface area (Å²) in [6.07, 6.45) is 1.59. The zero-order valence-electron chi connectivity index (χ0n) is 10.4. The van der Waals surface area contributed by atoms with E-state index in [0.717, 1.165) is 12.8 Å². The van der Waals surface area contributed by atoms with E-state index in [1.54, 1.807) is 0 Å². The number of aliphatic hydroxyl groups excluding tert-OH is 1. The van der Waals surface area contributed by atoms with Gasteiger partial charge in [-0.3, -0.25) is 4.79 Å². The van der Waals surface area contributed by atoms with Crippen LogP contribution in [0.1, 0.15) is 33.6 Å². The standard InChI is InChI=1S/C12H23NO3/c1-8-10(13-6-7-14)5-4-9(11(15)16)12(8,2)3/h8-10,13-14H,4-7H2,1-3H3,(H,15,16). The normalized spacial score (nSPS) is 33.6.